The maximum Gasteiger partial charge on any atom is 0.181 e. The first kappa shape index (κ1) is 7.45. The Morgan fingerprint density at radius 3 is 3.20 bits per heavy atom. The predicted octanol–water partition coefficient (Wildman–Crippen LogP) is 1.45. The van der Waals surface area contributed by atoms with Crippen LogP contribution in [-0.2, 0) is 0 Å². The van der Waals surface area contributed by atoms with Crippen molar-refractivity contribution >= 4 is 28.2 Å². The largest absolute Gasteiger partial charge is 0.375 e. The van der Waals surface area contributed by atoms with Crippen molar-refractivity contribution in [2.75, 3.05) is 11.5 Å². The fourth-order valence-electron chi connectivity index (χ4n) is 0.452. The molecule has 1 heterocycles. The van der Waals surface area contributed by atoms with Gasteiger partial charge in [0.15, 0.2) is 5.13 Å². The molecule has 0 unspecified atom stereocenters. The third-order valence-electron chi connectivity index (χ3n) is 0.800. The Morgan fingerprint density at radius 1 is 1.90 bits per heavy atom. The van der Waals surface area contributed by atoms with Gasteiger partial charge in [-0.3, -0.25) is 0 Å². The van der Waals surface area contributed by atoms with Gasteiger partial charge in [-0.2, -0.15) is 0 Å². The quantitative estimate of drug-likeness (QED) is 0.539. The van der Waals surface area contributed by atoms with Crippen molar-refractivity contribution in [2.45, 2.75) is 4.21 Å². The van der Waals surface area contributed by atoms with Gasteiger partial charge in [0.2, 0.25) is 0 Å². The molecule has 52 valence electrons. The van der Waals surface area contributed by atoms with Crippen LogP contribution in [0, 0.1) is 12.3 Å². The Hall–Kier alpha value is -0.660. The molecule has 2 nitrogen and oxygen atoms in total. The normalized spacial score (nSPS) is 9.10. The maximum absolute atomic E-state index is 5.39. The number of nitrogens with two attached hydrogens (primary N) is 1. The number of hydrogen-bond donors (Lipinski definition) is 1. The summed E-state index contributed by atoms with van der Waals surface area (Å²) in [6.07, 6.45) is 6.80. The molecule has 0 amide bonds. The van der Waals surface area contributed by atoms with Crippen LogP contribution in [0.15, 0.2) is 10.4 Å². The fraction of sp³-hybridized carbons (Fsp3) is 0.167. The second kappa shape index (κ2) is 3.49. The summed E-state index contributed by atoms with van der Waals surface area (Å²) in [6.45, 7) is 0. The van der Waals surface area contributed by atoms with Crippen LogP contribution in [0.3, 0.4) is 0 Å². The molecule has 0 aliphatic carbocycles. The maximum atomic E-state index is 5.39. The molecule has 2 N–H and O–H groups in total. The standard InChI is InChI=1S/C6H6N2S2/c1-2-3-9-5-4-8-6(7)10-5/h1,4H,3H2,(H2,7,8). The molecule has 0 saturated heterocycles. The number of terminal acetylenes is 1. The molecular formula is C6H6N2S2. The minimum Gasteiger partial charge on any atom is -0.375 e. The van der Waals surface area contributed by atoms with E-state index in [-0.39, 0.29) is 0 Å². The molecule has 1 aromatic heterocycles. The number of aromatic nitrogens is 1. The summed E-state index contributed by atoms with van der Waals surface area (Å²) in [5, 5.41) is 0.597. The lowest BCUT2D eigenvalue weighted by molar-refractivity contribution is 1.38. The molecule has 0 spiro atoms. The molecule has 0 aliphatic heterocycles. The minimum atomic E-state index is 0.597. The van der Waals surface area contributed by atoms with Crippen molar-refractivity contribution in [1.82, 2.24) is 4.98 Å². The fourth-order valence-corrected chi connectivity index (χ4v) is 1.89. The van der Waals surface area contributed by atoms with E-state index in [0.717, 1.165) is 4.21 Å². The van der Waals surface area contributed by atoms with Gasteiger partial charge in [0, 0.05) is 0 Å². The van der Waals surface area contributed by atoms with Crippen molar-refractivity contribution in [3.8, 4) is 12.3 Å². The van der Waals surface area contributed by atoms with E-state index >= 15 is 0 Å². The Bertz CT molecular complexity index is 248. The highest BCUT2D eigenvalue weighted by molar-refractivity contribution is 8.01. The highest BCUT2D eigenvalue weighted by Gasteiger charge is 1.96. The van der Waals surface area contributed by atoms with Crippen molar-refractivity contribution in [2.24, 2.45) is 0 Å². The topological polar surface area (TPSA) is 38.9 Å². The lowest BCUT2D eigenvalue weighted by Crippen LogP contribution is -1.77. The van der Waals surface area contributed by atoms with E-state index in [1.807, 2.05) is 0 Å². The SMILES string of the molecule is C#CCSc1cnc(N)s1. The first-order valence-corrected chi connectivity index (χ1v) is 4.40. The second-order valence-corrected chi connectivity index (χ2v) is 3.85. The minimum absolute atomic E-state index is 0.597. The summed E-state index contributed by atoms with van der Waals surface area (Å²) in [5.41, 5.74) is 5.39. The predicted molar refractivity (Wildman–Crippen MR) is 46.1 cm³/mol. The van der Waals surface area contributed by atoms with Crippen molar-refractivity contribution in [3.63, 3.8) is 0 Å². The van der Waals surface area contributed by atoms with E-state index in [1.165, 1.54) is 11.3 Å². The molecule has 0 atom stereocenters. The number of anilines is 1. The van der Waals surface area contributed by atoms with Crippen LogP contribution in [0.25, 0.3) is 0 Å². The molecule has 1 rings (SSSR count). The third-order valence-corrected chi connectivity index (χ3v) is 2.73. The van der Waals surface area contributed by atoms with Gasteiger partial charge in [-0.15, -0.1) is 18.2 Å². The molecule has 0 fully saturated rings. The summed E-state index contributed by atoms with van der Waals surface area (Å²) in [7, 11) is 0. The van der Waals surface area contributed by atoms with Crippen LogP contribution in [0.5, 0.6) is 0 Å². The highest BCUT2D eigenvalue weighted by Crippen LogP contribution is 2.25. The molecule has 0 bridgehead atoms. The van der Waals surface area contributed by atoms with E-state index in [2.05, 4.69) is 10.9 Å². The van der Waals surface area contributed by atoms with E-state index in [0.29, 0.717) is 10.9 Å². The van der Waals surface area contributed by atoms with E-state index < -0.39 is 0 Å². The van der Waals surface area contributed by atoms with Gasteiger partial charge in [-0.05, 0) is 0 Å². The first-order chi connectivity index (χ1) is 4.83. The molecule has 4 heteroatoms. The Labute approximate surface area is 67.8 Å². The number of rotatable bonds is 2. The van der Waals surface area contributed by atoms with Crippen molar-refractivity contribution in [3.05, 3.63) is 6.20 Å². The zero-order valence-electron chi connectivity index (χ0n) is 5.20. The zero-order chi connectivity index (χ0) is 7.40. The van der Waals surface area contributed by atoms with E-state index in [9.17, 15) is 0 Å². The van der Waals surface area contributed by atoms with Crippen molar-refractivity contribution in [1.29, 1.82) is 0 Å². The van der Waals surface area contributed by atoms with Crippen LogP contribution in [0.2, 0.25) is 0 Å². The van der Waals surface area contributed by atoms with Gasteiger partial charge in [-0.25, -0.2) is 4.98 Å². The third kappa shape index (κ3) is 1.94. The second-order valence-electron chi connectivity index (χ2n) is 1.51. The molecular weight excluding hydrogens is 164 g/mol. The van der Waals surface area contributed by atoms with Gasteiger partial charge in [0.1, 0.15) is 0 Å². The van der Waals surface area contributed by atoms with Crippen molar-refractivity contribution < 1.29 is 0 Å². The zero-order valence-corrected chi connectivity index (χ0v) is 6.84. The van der Waals surface area contributed by atoms with Crippen LogP contribution >= 0.6 is 23.1 Å². The average molecular weight is 170 g/mol. The van der Waals surface area contributed by atoms with Gasteiger partial charge in [0.25, 0.3) is 0 Å². The average Bonchev–Trinajstić information content (AvgIpc) is 2.31. The van der Waals surface area contributed by atoms with Crippen LogP contribution in [0.4, 0.5) is 5.13 Å². The Kier molecular flexibility index (Phi) is 2.60. The summed E-state index contributed by atoms with van der Waals surface area (Å²) >= 11 is 3.04. The Balaban J connectivity index is 2.52. The smallest absolute Gasteiger partial charge is 0.181 e. The van der Waals surface area contributed by atoms with Gasteiger partial charge >= 0.3 is 0 Å². The molecule has 0 radical (unpaired) electrons. The number of nitrogen functional groups attached to an aromatic ring is 1. The summed E-state index contributed by atoms with van der Waals surface area (Å²) in [6, 6.07) is 0. The number of thioether (sulfide) groups is 1. The molecule has 0 saturated carbocycles. The number of nitrogens with zero attached hydrogens (tertiary/aromatic N) is 1. The van der Waals surface area contributed by atoms with Gasteiger partial charge < -0.3 is 5.73 Å². The van der Waals surface area contributed by atoms with Crippen LogP contribution < -0.4 is 5.73 Å². The summed E-state index contributed by atoms with van der Waals surface area (Å²) in [5.74, 6) is 3.21. The van der Waals surface area contributed by atoms with E-state index in [4.69, 9.17) is 12.2 Å². The highest BCUT2D eigenvalue weighted by atomic mass is 32.2. The number of thiazole rings is 1. The first-order valence-electron chi connectivity index (χ1n) is 2.60. The number of hydrogen-bond acceptors (Lipinski definition) is 4. The lowest BCUT2D eigenvalue weighted by Gasteiger charge is -1.85. The van der Waals surface area contributed by atoms with Crippen LogP contribution in [0.1, 0.15) is 0 Å². The molecule has 10 heavy (non-hydrogen) atoms. The molecule has 1 aromatic rings. The van der Waals surface area contributed by atoms with Crippen LogP contribution in [-0.4, -0.2) is 10.7 Å². The van der Waals surface area contributed by atoms with Gasteiger partial charge in [-0.1, -0.05) is 17.3 Å². The Morgan fingerprint density at radius 2 is 2.70 bits per heavy atom. The molecule has 0 aliphatic rings. The van der Waals surface area contributed by atoms with E-state index in [1.54, 1.807) is 18.0 Å². The van der Waals surface area contributed by atoms with Gasteiger partial charge in [0.05, 0.1) is 16.2 Å². The summed E-state index contributed by atoms with van der Waals surface area (Å²) in [4.78, 5) is 3.88. The lowest BCUT2D eigenvalue weighted by atomic mass is 10.8. The summed E-state index contributed by atoms with van der Waals surface area (Å²) < 4.78 is 1.08. The molecule has 0 aromatic carbocycles. The monoisotopic (exact) mass is 170 g/mol.